The molecular weight excluding hydrogens is 464 g/mol. The number of rotatable bonds is 9. The number of benzene rings is 1. The summed E-state index contributed by atoms with van der Waals surface area (Å²) in [5, 5.41) is 13.3. The van der Waals surface area contributed by atoms with Crippen molar-refractivity contribution in [2.75, 3.05) is 6.79 Å². The van der Waals surface area contributed by atoms with E-state index in [0.717, 1.165) is 16.9 Å². The van der Waals surface area contributed by atoms with E-state index in [-0.39, 0.29) is 18.4 Å². The van der Waals surface area contributed by atoms with Gasteiger partial charge in [0.05, 0.1) is 30.6 Å². The van der Waals surface area contributed by atoms with Gasteiger partial charge in [0, 0.05) is 23.6 Å². The summed E-state index contributed by atoms with van der Waals surface area (Å²) in [5.74, 6) is 3.50. The number of ether oxygens (including phenoxy) is 2. The number of nitrogens with one attached hydrogen (secondary N) is 1. The number of pyridine rings is 1. The molecular formula is C25H24N6O5. The third-order valence-corrected chi connectivity index (χ3v) is 6.30. The van der Waals surface area contributed by atoms with Crippen LogP contribution in [0.1, 0.15) is 42.3 Å². The first-order valence-electron chi connectivity index (χ1n) is 11.7. The molecule has 1 aliphatic rings. The molecule has 1 N–H and O–H groups in total. The minimum atomic E-state index is -0.188. The maximum absolute atomic E-state index is 13.1. The van der Waals surface area contributed by atoms with Crippen LogP contribution in [0.15, 0.2) is 68.6 Å². The molecule has 0 saturated carbocycles. The minimum absolute atomic E-state index is 0.171. The van der Waals surface area contributed by atoms with Crippen molar-refractivity contribution in [3.63, 3.8) is 0 Å². The fourth-order valence-electron chi connectivity index (χ4n) is 4.57. The predicted octanol–water partition coefficient (Wildman–Crippen LogP) is 3.63. The number of H-pyrrole nitrogens is 1. The second-order valence-corrected chi connectivity index (χ2v) is 8.60. The number of nitrogens with zero attached hydrogens (tertiary/aromatic N) is 5. The lowest BCUT2D eigenvalue weighted by molar-refractivity contribution is 0.149. The van der Waals surface area contributed by atoms with Crippen LogP contribution in [0.4, 0.5) is 0 Å². The maximum atomic E-state index is 13.1. The molecule has 36 heavy (non-hydrogen) atoms. The van der Waals surface area contributed by atoms with Crippen LogP contribution in [0.25, 0.3) is 10.9 Å². The molecule has 6 rings (SSSR count). The Hall–Kier alpha value is -4.38. The lowest BCUT2D eigenvalue weighted by Gasteiger charge is -2.29. The first kappa shape index (κ1) is 22.1. The minimum Gasteiger partial charge on any atom is -0.468 e. The Bertz CT molecular complexity index is 1520. The Labute approximate surface area is 205 Å². The molecule has 4 aromatic heterocycles. The summed E-state index contributed by atoms with van der Waals surface area (Å²) in [4.78, 5) is 18.2. The lowest BCUT2D eigenvalue weighted by Crippen LogP contribution is -2.32. The van der Waals surface area contributed by atoms with Crippen molar-refractivity contribution >= 4 is 10.9 Å². The summed E-state index contributed by atoms with van der Waals surface area (Å²) >= 11 is 0. The van der Waals surface area contributed by atoms with Gasteiger partial charge in [-0.25, -0.2) is 4.68 Å². The van der Waals surface area contributed by atoms with Crippen molar-refractivity contribution < 1.29 is 18.3 Å². The average molecular weight is 489 g/mol. The van der Waals surface area contributed by atoms with Crippen LogP contribution in [-0.2, 0) is 19.6 Å². The summed E-state index contributed by atoms with van der Waals surface area (Å²) in [7, 11) is 0. The molecule has 5 heterocycles. The van der Waals surface area contributed by atoms with Crippen LogP contribution < -0.4 is 15.0 Å². The van der Waals surface area contributed by atoms with Crippen LogP contribution in [-0.4, -0.2) is 36.9 Å². The fourth-order valence-corrected chi connectivity index (χ4v) is 4.57. The molecule has 0 saturated heterocycles. The van der Waals surface area contributed by atoms with Gasteiger partial charge in [0.25, 0.3) is 5.56 Å². The Kier molecular flexibility index (Phi) is 5.74. The van der Waals surface area contributed by atoms with E-state index in [0.29, 0.717) is 54.5 Å². The summed E-state index contributed by atoms with van der Waals surface area (Å²) in [6.45, 7) is 3.47. The zero-order valence-corrected chi connectivity index (χ0v) is 19.6. The second-order valence-electron chi connectivity index (χ2n) is 8.60. The number of aromatic nitrogens is 5. The molecule has 184 valence electrons. The number of fused-ring (bicyclic) bond motifs is 2. The molecule has 0 bridgehead atoms. The van der Waals surface area contributed by atoms with Crippen molar-refractivity contribution in [3.05, 3.63) is 88.3 Å². The number of aromatic amines is 1. The smallest absolute Gasteiger partial charge is 0.252 e. The van der Waals surface area contributed by atoms with Gasteiger partial charge < -0.3 is 23.3 Å². The van der Waals surface area contributed by atoms with Gasteiger partial charge in [0.15, 0.2) is 17.3 Å². The van der Waals surface area contributed by atoms with Crippen LogP contribution in [0.2, 0.25) is 0 Å². The van der Waals surface area contributed by atoms with Gasteiger partial charge in [-0.2, -0.15) is 0 Å². The van der Waals surface area contributed by atoms with Crippen LogP contribution >= 0.6 is 0 Å². The van der Waals surface area contributed by atoms with E-state index in [2.05, 4.69) is 32.3 Å². The van der Waals surface area contributed by atoms with Gasteiger partial charge in [0.2, 0.25) is 6.79 Å². The number of hydrogen-bond acceptors (Lipinski definition) is 9. The zero-order valence-electron chi connectivity index (χ0n) is 19.6. The molecule has 0 unspecified atom stereocenters. The molecule has 0 radical (unpaired) electrons. The molecule has 5 aromatic rings. The molecule has 1 aromatic carbocycles. The SMILES string of the molecule is CC[C@H](c1nnnn1Cc1ccco1)N(Cc1ccco1)Cc1cc2cc3c(cc2[nH]c1=O)OCO3. The number of furan rings is 2. The largest absolute Gasteiger partial charge is 0.468 e. The van der Waals surface area contributed by atoms with Crippen molar-refractivity contribution in [2.45, 2.75) is 39.0 Å². The highest BCUT2D eigenvalue weighted by atomic mass is 16.7. The summed E-state index contributed by atoms with van der Waals surface area (Å²) in [6, 6.07) is 12.9. The maximum Gasteiger partial charge on any atom is 0.252 e. The monoisotopic (exact) mass is 488 g/mol. The predicted molar refractivity (Wildman–Crippen MR) is 127 cm³/mol. The van der Waals surface area contributed by atoms with Crippen molar-refractivity contribution in [1.82, 2.24) is 30.1 Å². The lowest BCUT2D eigenvalue weighted by atomic mass is 10.1. The second kappa shape index (κ2) is 9.34. The Balaban J connectivity index is 1.36. The van der Waals surface area contributed by atoms with Gasteiger partial charge in [-0.3, -0.25) is 9.69 Å². The fraction of sp³-hybridized carbons (Fsp3) is 0.280. The topological polar surface area (TPSA) is 124 Å². The molecule has 0 fully saturated rings. The Morgan fingerprint density at radius 3 is 2.58 bits per heavy atom. The van der Waals surface area contributed by atoms with Gasteiger partial charge in [-0.05, 0) is 53.2 Å². The van der Waals surface area contributed by atoms with E-state index in [4.69, 9.17) is 18.3 Å². The van der Waals surface area contributed by atoms with E-state index in [9.17, 15) is 4.79 Å². The summed E-state index contributed by atoms with van der Waals surface area (Å²) < 4.78 is 23.8. The van der Waals surface area contributed by atoms with E-state index < -0.39 is 0 Å². The highest BCUT2D eigenvalue weighted by Gasteiger charge is 2.27. The Morgan fingerprint density at radius 1 is 1.06 bits per heavy atom. The summed E-state index contributed by atoms with van der Waals surface area (Å²) in [6.07, 6.45) is 3.97. The normalized spacial score (nSPS) is 13.6. The first-order valence-corrected chi connectivity index (χ1v) is 11.7. The molecule has 0 amide bonds. The van der Waals surface area contributed by atoms with Crippen molar-refractivity contribution in [2.24, 2.45) is 0 Å². The Morgan fingerprint density at radius 2 is 1.83 bits per heavy atom. The third-order valence-electron chi connectivity index (χ3n) is 6.30. The van der Waals surface area contributed by atoms with Crippen molar-refractivity contribution in [3.8, 4) is 11.5 Å². The van der Waals surface area contributed by atoms with Gasteiger partial charge in [0.1, 0.15) is 18.1 Å². The van der Waals surface area contributed by atoms with Crippen molar-refractivity contribution in [1.29, 1.82) is 0 Å². The van der Waals surface area contributed by atoms with E-state index >= 15 is 0 Å². The standard InChI is InChI=1S/C25H24N6O5/c1-2-21(24-27-28-29-31(24)14-19-6-4-8-34-19)30(13-18-5-3-7-33-18)12-17-9-16-10-22-23(36-15-35-22)11-20(16)26-25(17)32/h3-11,21H,2,12-15H2,1H3,(H,26,32)/t21-/m1/s1. The molecule has 1 atom stereocenters. The first-order chi connectivity index (χ1) is 17.7. The highest BCUT2D eigenvalue weighted by molar-refractivity contribution is 5.83. The molecule has 1 aliphatic heterocycles. The van der Waals surface area contributed by atoms with E-state index in [1.165, 1.54) is 0 Å². The summed E-state index contributed by atoms with van der Waals surface area (Å²) in [5.41, 5.74) is 1.13. The average Bonchev–Trinajstić information content (AvgIpc) is 3.68. The van der Waals surface area contributed by atoms with Gasteiger partial charge in [-0.15, -0.1) is 5.10 Å². The van der Waals surface area contributed by atoms with Crippen LogP contribution in [0, 0.1) is 0 Å². The highest BCUT2D eigenvalue weighted by Crippen LogP contribution is 2.35. The number of tetrazole rings is 1. The zero-order chi connectivity index (χ0) is 24.5. The van der Waals surface area contributed by atoms with E-state index in [1.54, 1.807) is 23.3 Å². The van der Waals surface area contributed by atoms with Gasteiger partial charge in [-0.1, -0.05) is 6.92 Å². The molecule has 0 spiro atoms. The quantitative estimate of drug-likeness (QED) is 0.331. The molecule has 0 aliphatic carbocycles. The molecule has 11 heteroatoms. The number of hydrogen-bond donors (Lipinski definition) is 1. The molecule has 11 nitrogen and oxygen atoms in total. The van der Waals surface area contributed by atoms with Gasteiger partial charge >= 0.3 is 0 Å². The third kappa shape index (κ3) is 4.24. The van der Waals surface area contributed by atoms with Crippen LogP contribution in [0.5, 0.6) is 11.5 Å². The van der Waals surface area contributed by atoms with Crippen LogP contribution in [0.3, 0.4) is 0 Å². The van der Waals surface area contributed by atoms with E-state index in [1.807, 2.05) is 36.4 Å².